The van der Waals surface area contributed by atoms with E-state index in [0.29, 0.717) is 16.1 Å². The molecule has 0 aliphatic carbocycles. The zero-order valence-electron chi connectivity index (χ0n) is 14.6. The van der Waals surface area contributed by atoms with E-state index in [2.05, 4.69) is 12.2 Å². The lowest BCUT2D eigenvalue weighted by atomic mass is 10.1. The van der Waals surface area contributed by atoms with Gasteiger partial charge in [0.2, 0.25) is 0 Å². The molecule has 0 spiro atoms. The summed E-state index contributed by atoms with van der Waals surface area (Å²) >= 11 is 3.10. The van der Waals surface area contributed by atoms with Gasteiger partial charge in [-0.05, 0) is 43.0 Å². The summed E-state index contributed by atoms with van der Waals surface area (Å²) in [5, 5.41) is 4.19. The van der Waals surface area contributed by atoms with Gasteiger partial charge in [0, 0.05) is 20.5 Å². The first-order chi connectivity index (χ1) is 12.6. The molecule has 0 unspecified atom stereocenters. The highest BCUT2D eigenvalue weighted by atomic mass is 32.2. The molecule has 0 aliphatic heterocycles. The molecule has 0 saturated heterocycles. The molecular formula is C20H19NO3S2. The summed E-state index contributed by atoms with van der Waals surface area (Å²) in [6, 6.07) is 15.0. The van der Waals surface area contributed by atoms with Crippen molar-refractivity contribution in [3.8, 4) is 0 Å². The highest BCUT2D eigenvalue weighted by Gasteiger charge is 2.21. The van der Waals surface area contributed by atoms with Crippen molar-refractivity contribution < 1.29 is 14.3 Å². The van der Waals surface area contributed by atoms with Crippen molar-refractivity contribution in [2.24, 2.45) is 0 Å². The van der Waals surface area contributed by atoms with Gasteiger partial charge in [-0.3, -0.25) is 4.79 Å². The fourth-order valence-electron chi connectivity index (χ4n) is 2.58. The molecule has 0 atom stereocenters. The summed E-state index contributed by atoms with van der Waals surface area (Å²) in [5.74, 6) is 0.320. The second kappa shape index (κ2) is 8.38. The predicted molar refractivity (Wildman–Crippen MR) is 109 cm³/mol. The maximum Gasteiger partial charge on any atom is 0.341 e. The minimum atomic E-state index is -0.421. The summed E-state index contributed by atoms with van der Waals surface area (Å²) in [5.41, 5.74) is 0.969. The molecule has 0 aliphatic rings. The Morgan fingerprint density at radius 2 is 1.81 bits per heavy atom. The van der Waals surface area contributed by atoms with Crippen molar-refractivity contribution in [3.63, 3.8) is 0 Å². The van der Waals surface area contributed by atoms with Crippen LogP contribution in [-0.2, 0) is 4.74 Å². The Labute approximate surface area is 160 Å². The first-order valence-electron chi connectivity index (χ1n) is 8.37. The molecule has 3 aromatic rings. The van der Waals surface area contributed by atoms with E-state index < -0.39 is 5.97 Å². The zero-order chi connectivity index (χ0) is 18.5. The van der Waals surface area contributed by atoms with Crippen LogP contribution in [0.3, 0.4) is 0 Å². The van der Waals surface area contributed by atoms with Crippen LogP contribution >= 0.6 is 23.1 Å². The second-order valence-corrected chi connectivity index (χ2v) is 7.82. The van der Waals surface area contributed by atoms with Gasteiger partial charge in [-0.1, -0.05) is 25.1 Å². The number of carbonyl (C=O) groups excluding carboxylic acids is 2. The van der Waals surface area contributed by atoms with Gasteiger partial charge in [0.15, 0.2) is 0 Å². The molecule has 1 amide bonds. The maximum atomic E-state index is 12.6. The van der Waals surface area contributed by atoms with E-state index in [9.17, 15) is 9.59 Å². The van der Waals surface area contributed by atoms with Crippen LogP contribution in [0.15, 0.2) is 53.4 Å². The summed E-state index contributed by atoms with van der Waals surface area (Å²) < 4.78 is 6.11. The largest absolute Gasteiger partial charge is 0.462 e. The molecule has 3 rings (SSSR count). The third kappa shape index (κ3) is 3.92. The lowest BCUT2D eigenvalue weighted by Crippen LogP contribution is -2.14. The number of rotatable bonds is 6. The minimum absolute atomic E-state index is 0.241. The SMILES string of the molecule is CCOC(=O)c1c(NC(=O)c2ccc(SCC)cc2)sc2ccccc12. The number of esters is 1. The standard InChI is InChI=1S/C20H19NO3S2/c1-3-24-20(23)17-15-7-5-6-8-16(15)26-19(17)21-18(22)13-9-11-14(12-10-13)25-4-2/h5-12H,3-4H2,1-2H3,(H,21,22). The summed E-state index contributed by atoms with van der Waals surface area (Å²) in [6.07, 6.45) is 0. The number of thioether (sulfide) groups is 1. The van der Waals surface area contributed by atoms with Crippen molar-refractivity contribution >= 4 is 50.1 Å². The number of hydrogen-bond donors (Lipinski definition) is 1. The van der Waals surface area contributed by atoms with Crippen molar-refractivity contribution in [2.75, 3.05) is 17.7 Å². The number of nitrogens with one attached hydrogen (secondary N) is 1. The van der Waals surface area contributed by atoms with Gasteiger partial charge in [0.25, 0.3) is 5.91 Å². The number of amides is 1. The van der Waals surface area contributed by atoms with Crippen LogP contribution in [0.4, 0.5) is 5.00 Å². The molecule has 1 heterocycles. The fourth-order valence-corrected chi connectivity index (χ4v) is 4.33. The van der Waals surface area contributed by atoms with Gasteiger partial charge in [0.05, 0.1) is 6.61 Å². The lowest BCUT2D eigenvalue weighted by Gasteiger charge is -2.07. The topological polar surface area (TPSA) is 55.4 Å². The monoisotopic (exact) mass is 385 g/mol. The number of hydrogen-bond acceptors (Lipinski definition) is 5. The van der Waals surface area contributed by atoms with Crippen LogP contribution in [0.25, 0.3) is 10.1 Å². The van der Waals surface area contributed by atoms with Crippen molar-refractivity contribution in [3.05, 3.63) is 59.7 Å². The van der Waals surface area contributed by atoms with Gasteiger partial charge in [-0.15, -0.1) is 23.1 Å². The Kier molecular flexibility index (Phi) is 5.96. The fraction of sp³-hybridized carbons (Fsp3) is 0.200. The first-order valence-corrected chi connectivity index (χ1v) is 10.2. The highest BCUT2D eigenvalue weighted by molar-refractivity contribution is 7.99. The molecule has 0 radical (unpaired) electrons. The summed E-state index contributed by atoms with van der Waals surface area (Å²) in [7, 11) is 0. The summed E-state index contributed by atoms with van der Waals surface area (Å²) in [4.78, 5) is 26.2. The highest BCUT2D eigenvalue weighted by Crippen LogP contribution is 2.36. The van der Waals surface area contributed by atoms with Crippen LogP contribution in [0, 0.1) is 0 Å². The number of benzene rings is 2. The van der Waals surface area contributed by atoms with Gasteiger partial charge in [0.1, 0.15) is 10.6 Å². The van der Waals surface area contributed by atoms with Gasteiger partial charge in [-0.2, -0.15) is 0 Å². The molecule has 1 N–H and O–H groups in total. The third-order valence-corrected chi connectivity index (χ3v) is 5.71. The zero-order valence-corrected chi connectivity index (χ0v) is 16.2. The van der Waals surface area contributed by atoms with Crippen LogP contribution in [0.5, 0.6) is 0 Å². The molecule has 2 aromatic carbocycles. The van der Waals surface area contributed by atoms with Crippen LogP contribution in [-0.4, -0.2) is 24.2 Å². The van der Waals surface area contributed by atoms with E-state index >= 15 is 0 Å². The van der Waals surface area contributed by atoms with E-state index in [1.54, 1.807) is 30.8 Å². The van der Waals surface area contributed by atoms with Gasteiger partial charge in [-0.25, -0.2) is 4.79 Å². The minimum Gasteiger partial charge on any atom is -0.462 e. The number of anilines is 1. The van der Waals surface area contributed by atoms with Crippen LogP contribution in [0.1, 0.15) is 34.6 Å². The van der Waals surface area contributed by atoms with E-state index in [-0.39, 0.29) is 12.5 Å². The number of carbonyl (C=O) groups is 2. The van der Waals surface area contributed by atoms with E-state index in [0.717, 1.165) is 20.7 Å². The molecular weight excluding hydrogens is 366 g/mol. The average Bonchev–Trinajstić information content (AvgIpc) is 3.00. The molecule has 0 fully saturated rings. The van der Waals surface area contributed by atoms with Crippen LogP contribution < -0.4 is 5.32 Å². The lowest BCUT2D eigenvalue weighted by molar-refractivity contribution is 0.0530. The molecule has 0 saturated carbocycles. The quantitative estimate of drug-likeness (QED) is 0.453. The molecule has 26 heavy (non-hydrogen) atoms. The Morgan fingerprint density at radius 1 is 1.08 bits per heavy atom. The number of fused-ring (bicyclic) bond motifs is 1. The Balaban J connectivity index is 1.91. The normalized spacial score (nSPS) is 10.7. The van der Waals surface area contributed by atoms with Gasteiger partial charge >= 0.3 is 5.97 Å². The van der Waals surface area contributed by atoms with Crippen LogP contribution in [0.2, 0.25) is 0 Å². The molecule has 134 valence electrons. The van der Waals surface area contributed by atoms with E-state index in [1.165, 1.54) is 11.3 Å². The third-order valence-electron chi connectivity index (χ3n) is 3.73. The molecule has 6 heteroatoms. The van der Waals surface area contributed by atoms with Crippen molar-refractivity contribution in [2.45, 2.75) is 18.7 Å². The predicted octanol–water partition coefficient (Wildman–Crippen LogP) is 5.44. The Morgan fingerprint density at radius 3 is 2.50 bits per heavy atom. The van der Waals surface area contributed by atoms with Crippen molar-refractivity contribution in [1.29, 1.82) is 0 Å². The Bertz CT molecular complexity index is 932. The van der Waals surface area contributed by atoms with Gasteiger partial charge < -0.3 is 10.1 Å². The maximum absolute atomic E-state index is 12.6. The Hall–Kier alpha value is -2.31. The molecule has 4 nitrogen and oxygen atoms in total. The summed E-state index contributed by atoms with van der Waals surface area (Å²) in [6.45, 7) is 4.14. The second-order valence-electron chi connectivity index (χ2n) is 5.43. The smallest absolute Gasteiger partial charge is 0.341 e. The van der Waals surface area contributed by atoms with E-state index in [4.69, 9.17) is 4.74 Å². The average molecular weight is 386 g/mol. The molecule has 0 bridgehead atoms. The first kappa shape index (κ1) is 18.5. The number of ether oxygens (including phenoxy) is 1. The molecule has 1 aromatic heterocycles. The number of thiophene rings is 1. The van der Waals surface area contributed by atoms with Crippen molar-refractivity contribution in [1.82, 2.24) is 0 Å². The van der Waals surface area contributed by atoms with E-state index in [1.807, 2.05) is 36.4 Å².